The molecule has 5 rings (SSSR count). The molecule has 3 N–H and O–H groups in total. The van der Waals surface area contributed by atoms with E-state index in [0.29, 0.717) is 22.7 Å². The first-order valence-electron chi connectivity index (χ1n) is 12.0. The fourth-order valence-corrected chi connectivity index (χ4v) is 4.57. The standard InChI is InChI=1S/C26H24F3N7O3S/c1-25(2,38-3)13-30-22-18(33-23(40-22)26(27,28)29)21-35-36-24(39-21)34-19-20(37)31-16-12-8-7-11-15(16)17(32-19)14-9-5-4-6-10-14/h4-12,19,30H,13H2,1-3H3,(H,31,37)(H,34,36). The number of methoxy groups -OCH3 is 1. The molecule has 208 valence electrons. The Hall–Kier alpha value is -4.30. The Kier molecular flexibility index (Phi) is 7.29. The van der Waals surface area contributed by atoms with Crippen LogP contribution in [0.2, 0.25) is 0 Å². The number of para-hydroxylation sites is 1. The van der Waals surface area contributed by atoms with Crippen molar-refractivity contribution in [2.45, 2.75) is 31.8 Å². The van der Waals surface area contributed by atoms with Crippen molar-refractivity contribution in [1.29, 1.82) is 0 Å². The summed E-state index contributed by atoms with van der Waals surface area (Å²) in [5.41, 5.74) is 1.78. The van der Waals surface area contributed by atoms with Gasteiger partial charge in [0.25, 0.3) is 11.8 Å². The Morgan fingerprint density at radius 2 is 1.80 bits per heavy atom. The predicted molar refractivity (Wildman–Crippen MR) is 145 cm³/mol. The summed E-state index contributed by atoms with van der Waals surface area (Å²) in [5.74, 6) is -0.758. The number of alkyl halides is 3. The molecular weight excluding hydrogens is 547 g/mol. The molecular formula is C26H24F3N7O3S. The maximum absolute atomic E-state index is 13.5. The van der Waals surface area contributed by atoms with E-state index in [0.717, 1.165) is 11.1 Å². The van der Waals surface area contributed by atoms with Crippen molar-refractivity contribution < 1.29 is 27.1 Å². The van der Waals surface area contributed by atoms with Crippen LogP contribution in [0.15, 0.2) is 64.0 Å². The van der Waals surface area contributed by atoms with E-state index in [1.54, 1.807) is 26.0 Å². The number of ether oxygens (including phenoxy) is 1. The zero-order valence-corrected chi connectivity index (χ0v) is 22.4. The summed E-state index contributed by atoms with van der Waals surface area (Å²) < 4.78 is 51.4. The van der Waals surface area contributed by atoms with Crippen LogP contribution in [0.1, 0.15) is 30.0 Å². The summed E-state index contributed by atoms with van der Waals surface area (Å²) in [4.78, 5) is 21.4. The molecule has 10 nitrogen and oxygen atoms in total. The molecule has 0 bridgehead atoms. The van der Waals surface area contributed by atoms with Gasteiger partial charge in [-0.1, -0.05) is 65.0 Å². The molecule has 2 aromatic heterocycles. The number of amides is 1. The summed E-state index contributed by atoms with van der Waals surface area (Å²) in [6.07, 6.45) is -5.86. The van der Waals surface area contributed by atoms with Gasteiger partial charge in [-0.05, 0) is 19.9 Å². The van der Waals surface area contributed by atoms with E-state index in [1.165, 1.54) is 7.11 Å². The number of fused-ring (bicyclic) bond motifs is 1. The minimum atomic E-state index is -4.67. The van der Waals surface area contributed by atoms with Crippen LogP contribution in [0.5, 0.6) is 0 Å². The fourth-order valence-electron chi connectivity index (χ4n) is 3.75. The molecule has 3 heterocycles. The molecule has 14 heteroatoms. The number of thiazole rings is 1. The van der Waals surface area contributed by atoms with E-state index in [1.807, 2.05) is 42.5 Å². The number of carbonyl (C=O) groups excluding carboxylic acids is 1. The molecule has 1 atom stereocenters. The van der Waals surface area contributed by atoms with Crippen LogP contribution in [0.4, 0.5) is 29.9 Å². The van der Waals surface area contributed by atoms with E-state index < -0.39 is 28.9 Å². The van der Waals surface area contributed by atoms with Crippen LogP contribution in [-0.2, 0) is 15.7 Å². The van der Waals surface area contributed by atoms with E-state index in [2.05, 4.69) is 36.1 Å². The largest absolute Gasteiger partial charge is 0.443 e. The zero-order chi connectivity index (χ0) is 28.5. The molecule has 0 aliphatic carbocycles. The van der Waals surface area contributed by atoms with Crippen molar-refractivity contribution >= 4 is 39.7 Å². The third-order valence-corrected chi connectivity index (χ3v) is 7.04. The van der Waals surface area contributed by atoms with Gasteiger partial charge in [-0.25, -0.2) is 9.98 Å². The number of aliphatic imine (C=N–C) groups is 1. The minimum Gasteiger partial charge on any atom is -0.402 e. The van der Waals surface area contributed by atoms with Crippen molar-refractivity contribution in [3.05, 3.63) is 70.7 Å². The second-order valence-corrected chi connectivity index (χ2v) is 10.3. The Labute approximate surface area is 230 Å². The van der Waals surface area contributed by atoms with Crippen molar-refractivity contribution in [2.75, 3.05) is 29.6 Å². The first-order chi connectivity index (χ1) is 19.0. The van der Waals surface area contributed by atoms with Gasteiger partial charge in [-0.2, -0.15) is 13.2 Å². The lowest BCUT2D eigenvalue weighted by atomic mass is 10.0. The highest BCUT2D eigenvalue weighted by atomic mass is 32.1. The molecule has 0 saturated carbocycles. The zero-order valence-electron chi connectivity index (χ0n) is 21.5. The molecule has 40 heavy (non-hydrogen) atoms. The number of benzodiazepines with no additional fused rings is 1. The highest BCUT2D eigenvalue weighted by Crippen LogP contribution is 2.41. The van der Waals surface area contributed by atoms with Crippen LogP contribution in [-0.4, -0.2) is 52.2 Å². The monoisotopic (exact) mass is 571 g/mol. The maximum Gasteiger partial charge on any atom is 0.443 e. The Morgan fingerprint density at radius 1 is 1.07 bits per heavy atom. The van der Waals surface area contributed by atoms with Gasteiger partial charge in [-0.3, -0.25) is 4.79 Å². The van der Waals surface area contributed by atoms with Crippen LogP contribution in [0.3, 0.4) is 0 Å². The van der Waals surface area contributed by atoms with Crippen LogP contribution in [0.25, 0.3) is 11.6 Å². The average Bonchev–Trinajstić information content (AvgIpc) is 3.55. The van der Waals surface area contributed by atoms with Gasteiger partial charge in [0.1, 0.15) is 5.00 Å². The van der Waals surface area contributed by atoms with Crippen LogP contribution < -0.4 is 16.0 Å². The third kappa shape index (κ3) is 5.82. The van der Waals surface area contributed by atoms with E-state index in [-0.39, 0.29) is 29.1 Å². The van der Waals surface area contributed by atoms with Gasteiger partial charge in [0, 0.05) is 24.8 Å². The summed E-state index contributed by atoms with van der Waals surface area (Å²) in [6, 6.07) is 16.3. The van der Waals surface area contributed by atoms with Crippen molar-refractivity contribution in [2.24, 2.45) is 4.99 Å². The maximum atomic E-state index is 13.5. The van der Waals surface area contributed by atoms with Crippen molar-refractivity contribution in [1.82, 2.24) is 15.2 Å². The lowest BCUT2D eigenvalue weighted by molar-refractivity contribution is -0.137. The van der Waals surface area contributed by atoms with Gasteiger partial charge in [0.05, 0.1) is 17.0 Å². The second-order valence-electron chi connectivity index (χ2n) is 9.35. The SMILES string of the molecule is COC(C)(C)CNc1sc(C(F)(F)F)nc1-c1nnc(NC2N=C(c3ccccc3)c3ccccc3NC2=O)o1. The van der Waals surface area contributed by atoms with E-state index in [4.69, 9.17) is 9.15 Å². The van der Waals surface area contributed by atoms with E-state index >= 15 is 0 Å². The Bertz CT molecular complexity index is 1550. The summed E-state index contributed by atoms with van der Waals surface area (Å²) in [5, 5.41) is 15.3. The molecule has 0 fully saturated rings. The van der Waals surface area contributed by atoms with Gasteiger partial charge < -0.3 is 25.1 Å². The molecule has 0 radical (unpaired) electrons. The Balaban J connectivity index is 1.46. The first-order valence-corrected chi connectivity index (χ1v) is 12.9. The third-order valence-electron chi connectivity index (χ3n) is 5.98. The number of hydrogen-bond acceptors (Lipinski definition) is 10. The normalized spacial score (nSPS) is 15.6. The Morgan fingerprint density at radius 3 is 2.52 bits per heavy atom. The molecule has 1 aliphatic heterocycles. The number of aromatic nitrogens is 3. The molecule has 1 unspecified atom stereocenters. The number of benzene rings is 2. The number of halogens is 3. The van der Waals surface area contributed by atoms with Crippen molar-refractivity contribution in [3.8, 4) is 11.6 Å². The lowest BCUT2D eigenvalue weighted by Crippen LogP contribution is -2.32. The smallest absolute Gasteiger partial charge is 0.402 e. The van der Waals surface area contributed by atoms with Gasteiger partial charge >= 0.3 is 12.2 Å². The second kappa shape index (κ2) is 10.7. The highest BCUT2D eigenvalue weighted by molar-refractivity contribution is 7.16. The minimum absolute atomic E-state index is 0.0830. The number of anilines is 3. The predicted octanol–water partition coefficient (Wildman–Crippen LogP) is 5.28. The summed E-state index contributed by atoms with van der Waals surface area (Å²) >= 11 is 0.414. The van der Waals surface area contributed by atoms with Crippen molar-refractivity contribution in [3.63, 3.8) is 0 Å². The molecule has 2 aromatic carbocycles. The van der Waals surface area contributed by atoms with Gasteiger partial charge in [0.2, 0.25) is 11.2 Å². The molecule has 0 saturated heterocycles. The quantitative estimate of drug-likeness (QED) is 0.261. The number of hydrogen-bond donors (Lipinski definition) is 3. The molecule has 1 amide bonds. The molecule has 1 aliphatic rings. The first kappa shape index (κ1) is 27.3. The lowest BCUT2D eigenvalue weighted by Gasteiger charge is -2.23. The summed E-state index contributed by atoms with van der Waals surface area (Å²) in [7, 11) is 1.50. The number of nitrogens with zero attached hydrogens (tertiary/aromatic N) is 4. The van der Waals surface area contributed by atoms with Crippen LogP contribution in [0, 0.1) is 0 Å². The topological polar surface area (TPSA) is 127 Å². The summed E-state index contributed by atoms with van der Waals surface area (Å²) in [6.45, 7) is 3.75. The molecule has 4 aromatic rings. The number of carbonyl (C=O) groups is 1. The molecule has 0 spiro atoms. The number of rotatable bonds is 8. The highest BCUT2D eigenvalue weighted by Gasteiger charge is 2.37. The number of nitrogens with one attached hydrogen (secondary N) is 3. The average molecular weight is 572 g/mol. The van der Waals surface area contributed by atoms with Gasteiger partial charge in [0.15, 0.2) is 5.69 Å². The van der Waals surface area contributed by atoms with Crippen LogP contribution >= 0.6 is 11.3 Å². The fraction of sp³-hybridized carbons (Fsp3) is 0.269. The van der Waals surface area contributed by atoms with E-state index in [9.17, 15) is 18.0 Å². The van der Waals surface area contributed by atoms with Gasteiger partial charge in [-0.15, -0.1) is 5.10 Å².